The average Bonchev–Trinajstić information content (AvgIpc) is 2.72. The normalized spacial score (nSPS) is 9.57. The summed E-state index contributed by atoms with van der Waals surface area (Å²) in [5, 5.41) is 8.66. The van der Waals surface area contributed by atoms with E-state index in [1.807, 2.05) is 60.7 Å². The minimum atomic E-state index is -6.00. The highest BCUT2D eigenvalue weighted by atomic mass is 19.5. The van der Waals surface area contributed by atoms with Gasteiger partial charge in [-0.2, -0.15) is 0 Å². The molecule has 0 saturated heterocycles. The largest absolute Gasteiger partial charge is 0.673 e. The highest BCUT2D eigenvalue weighted by Crippen LogP contribution is 2.12. The molecule has 0 radical (unpaired) electrons. The van der Waals surface area contributed by atoms with Crippen molar-refractivity contribution >= 4 is 18.6 Å². The fourth-order valence-corrected chi connectivity index (χ4v) is 2.10. The molecule has 0 aliphatic rings. The van der Waals surface area contributed by atoms with Crippen LogP contribution in [0.3, 0.4) is 0 Å². The van der Waals surface area contributed by atoms with Crippen LogP contribution in [0.5, 0.6) is 0 Å². The van der Waals surface area contributed by atoms with Gasteiger partial charge in [0.05, 0.1) is 0 Å². The first-order valence-electron chi connectivity index (χ1n) is 8.55. The molecular formula is C22H14BF4N3. The monoisotopic (exact) mass is 407 g/mol. The minimum Gasteiger partial charge on any atom is -0.418 e. The van der Waals surface area contributed by atoms with Crippen LogP contribution in [0.4, 0.5) is 28.6 Å². The van der Waals surface area contributed by atoms with Crippen LogP contribution in [0.1, 0.15) is 22.3 Å². The lowest BCUT2D eigenvalue weighted by atomic mass is 10.1. The van der Waals surface area contributed by atoms with Crippen molar-refractivity contribution in [3.05, 3.63) is 100 Å². The van der Waals surface area contributed by atoms with E-state index in [0.717, 1.165) is 27.9 Å². The number of benzene rings is 3. The Morgan fingerprint density at radius 1 is 0.600 bits per heavy atom. The van der Waals surface area contributed by atoms with E-state index in [1.54, 1.807) is 12.1 Å². The van der Waals surface area contributed by atoms with Crippen molar-refractivity contribution in [1.82, 2.24) is 0 Å². The van der Waals surface area contributed by atoms with Crippen molar-refractivity contribution in [2.45, 2.75) is 0 Å². The summed E-state index contributed by atoms with van der Waals surface area (Å²) < 4.78 is 39.0. The topological polar surface area (TPSA) is 54.2 Å². The number of rotatable bonds is 0. The smallest absolute Gasteiger partial charge is 0.418 e. The maximum Gasteiger partial charge on any atom is 0.673 e. The first-order valence-corrected chi connectivity index (χ1v) is 8.55. The Morgan fingerprint density at radius 3 is 1.17 bits per heavy atom. The van der Waals surface area contributed by atoms with Gasteiger partial charge in [-0.3, -0.25) is 0 Å². The molecule has 3 aromatic carbocycles. The summed E-state index contributed by atoms with van der Waals surface area (Å²) in [5.74, 6) is 12.4. The molecule has 30 heavy (non-hydrogen) atoms. The maximum absolute atomic E-state index is 9.75. The minimum absolute atomic E-state index is 0.509. The lowest BCUT2D eigenvalue weighted by molar-refractivity contribution is 0.368. The predicted octanol–water partition coefficient (Wildman–Crippen LogP) is 5.85. The van der Waals surface area contributed by atoms with Crippen LogP contribution in [-0.4, -0.2) is 7.25 Å². The Morgan fingerprint density at radius 2 is 0.867 bits per heavy atom. The quantitative estimate of drug-likeness (QED) is 0.167. The average molecular weight is 407 g/mol. The van der Waals surface area contributed by atoms with E-state index in [-0.39, 0.29) is 0 Å². The molecule has 0 atom stereocenters. The van der Waals surface area contributed by atoms with Gasteiger partial charge in [-0.15, -0.1) is 0 Å². The van der Waals surface area contributed by atoms with Gasteiger partial charge in [-0.1, -0.05) is 23.7 Å². The number of anilines is 1. The van der Waals surface area contributed by atoms with Gasteiger partial charge < -0.3 is 23.0 Å². The van der Waals surface area contributed by atoms with Crippen LogP contribution in [0.25, 0.3) is 4.98 Å². The van der Waals surface area contributed by atoms with Crippen molar-refractivity contribution in [2.24, 2.45) is 0 Å². The summed E-state index contributed by atoms with van der Waals surface area (Å²) in [6, 6.07) is 22.3. The van der Waals surface area contributed by atoms with Crippen molar-refractivity contribution in [3.8, 4) is 23.7 Å². The summed E-state index contributed by atoms with van der Waals surface area (Å²) in [6.07, 6.45) is 0. The Bertz CT molecular complexity index is 1130. The zero-order valence-corrected chi connectivity index (χ0v) is 15.5. The summed E-state index contributed by atoms with van der Waals surface area (Å²) in [7, 11) is -6.00. The molecule has 3 aromatic rings. The Balaban J connectivity index is 0.000000575. The van der Waals surface area contributed by atoms with Crippen LogP contribution in [0.2, 0.25) is 0 Å². The Labute approximate surface area is 171 Å². The van der Waals surface area contributed by atoms with Crippen molar-refractivity contribution in [3.63, 3.8) is 0 Å². The lowest BCUT2D eigenvalue weighted by Crippen LogP contribution is -2.02. The first kappa shape index (κ1) is 22.1. The fourth-order valence-electron chi connectivity index (χ4n) is 2.10. The maximum atomic E-state index is 9.75. The second-order valence-electron chi connectivity index (χ2n) is 5.84. The van der Waals surface area contributed by atoms with Crippen molar-refractivity contribution in [2.75, 3.05) is 5.73 Å². The summed E-state index contributed by atoms with van der Waals surface area (Å²) >= 11 is 0. The van der Waals surface area contributed by atoms with Gasteiger partial charge in [-0.05, 0) is 60.7 Å². The number of halogens is 4. The molecule has 0 amide bonds. The molecule has 148 valence electrons. The van der Waals surface area contributed by atoms with E-state index >= 15 is 0 Å². The van der Waals surface area contributed by atoms with E-state index in [2.05, 4.69) is 28.7 Å². The molecule has 0 fully saturated rings. The summed E-state index contributed by atoms with van der Waals surface area (Å²) in [6.45, 7) is 0. The van der Waals surface area contributed by atoms with Crippen LogP contribution < -0.4 is 5.73 Å². The molecular weight excluding hydrogens is 393 g/mol. The molecule has 2 N–H and O–H groups in total. The van der Waals surface area contributed by atoms with Gasteiger partial charge in [0, 0.05) is 40.1 Å². The molecule has 0 spiro atoms. The third kappa shape index (κ3) is 8.65. The van der Waals surface area contributed by atoms with Crippen LogP contribution in [-0.2, 0) is 0 Å². The molecule has 3 rings (SSSR count). The molecule has 8 heteroatoms. The molecule has 0 bridgehead atoms. The number of hydrogen-bond donors (Lipinski definition) is 1. The molecule has 0 aliphatic carbocycles. The van der Waals surface area contributed by atoms with Gasteiger partial charge in [0.1, 0.15) is 0 Å². The predicted molar refractivity (Wildman–Crippen MR) is 111 cm³/mol. The first-order chi connectivity index (χ1) is 14.2. The molecule has 0 aliphatic heterocycles. The molecule has 0 heterocycles. The van der Waals surface area contributed by atoms with Crippen LogP contribution in [0, 0.1) is 29.1 Å². The summed E-state index contributed by atoms with van der Waals surface area (Å²) in [4.78, 5) is 3.12. The zero-order valence-electron chi connectivity index (χ0n) is 15.5. The van der Waals surface area contributed by atoms with Crippen molar-refractivity contribution in [1.29, 1.82) is 5.39 Å². The number of nitrogens with two attached hydrogens (primary N) is 1. The van der Waals surface area contributed by atoms with E-state index in [4.69, 9.17) is 11.1 Å². The molecule has 3 nitrogen and oxygen atoms in total. The molecule has 0 saturated carbocycles. The van der Waals surface area contributed by atoms with Gasteiger partial charge in [0.15, 0.2) is 4.98 Å². The van der Waals surface area contributed by atoms with Gasteiger partial charge in [-0.25, -0.2) is 0 Å². The standard InChI is InChI=1S/C22H14N3.BF4/c23-21-13-9-19(10-14-21)7-5-17-1-3-18(4-2-17)6-8-20-11-15-22(25-24)16-12-20;2-1(3,4)5/h1-4,9-16H,23H2;/q+1;-1. The molecule has 0 unspecified atom stereocenters. The Kier molecular flexibility index (Phi) is 7.63. The fraction of sp³-hybridized carbons (Fsp3) is 0. The number of hydrogen-bond acceptors (Lipinski definition) is 2. The molecule has 0 aromatic heterocycles. The van der Waals surface area contributed by atoms with E-state index < -0.39 is 7.25 Å². The number of diazo groups is 1. The second kappa shape index (κ2) is 10.4. The van der Waals surface area contributed by atoms with E-state index in [9.17, 15) is 17.3 Å². The summed E-state index contributed by atoms with van der Waals surface area (Å²) in [5.41, 5.74) is 10.5. The third-order valence-corrected chi connectivity index (χ3v) is 3.48. The second-order valence-corrected chi connectivity index (χ2v) is 5.84. The number of nitrogen functional groups attached to an aromatic ring is 1. The SMILES string of the molecule is F[B-](F)(F)F.N#[N+]c1ccc(C#Cc2ccc(C#Cc3ccc(N)cc3)cc2)cc1. The third-order valence-electron chi connectivity index (χ3n) is 3.48. The van der Waals surface area contributed by atoms with Crippen molar-refractivity contribution < 1.29 is 17.3 Å². The zero-order chi connectivity index (χ0) is 22.0. The van der Waals surface area contributed by atoms with Crippen LogP contribution in [0.15, 0.2) is 72.8 Å². The Hall–Kier alpha value is -4.22. The van der Waals surface area contributed by atoms with E-state index in [0.29, 0.717) is 5.69 Å². The lowest BCUT2D eigenvalue weighted by Gasteiger charge is -1.94. The van der Waals surface area contributed by atoms with Gasteiger partial charge in [0.2, 0.25) is 5.39 Å². The van der Waals surface area contributed by atoms with Crippen LogP contribution >= 0.6 is 0 Å². The van der Waals surface area contributed by atoms with Gasteiger partial charge in [0.25, 0.3) is 0 Å². The van der Waals surface area contributed by atoms with Gasteiger partial charge >= 0.3 is 12.9 Å². The highest BCUT2D eigenvalue weighted by molar-refractivity contribution is 6.50. The van der Waals surface area contributed by atoms with E-state index in [1.165, 1.54) is 0 Å². The highest BCUT2D eigenvalue weighted by Gasteiger charge is 2.20. The number of nitrogens with zero attached hydrogens (tertiary/aromatic N) is 2.